The summed E-state index contributed by atoms with van der Waals surface area (Å²) in [5.74, 6) is 0.299. The van der Waals surface area contributed by atoms with Gasteiger partial charge in [0, 0.05) is 4.47 Å². The van der Waals surface area contributed by atoms with E-state index in [4.69, 9.17) is 15.0 Å². The minimum Gasteiger partial charge on any atom is -0.450 e. The Labute approximate surface area is 160 Å². The van der Waals surface area contributed by atoms with Crippen molar-refractivity contribution in [3.8, 4) is 6.07 Å². The zero-order valence-corrected chi connectivity index (χ0v) is 18.0. The number of hydrogen-bond donors (Lipinski definition) is 2. The number of nitriles is 1. The molecule has 1 aromatic rings. The molecule has 0 bridgehead atoms. The number of rotatable bonds is 2. The maximum Gasteiger partial charge on any atom is 0.503 e. The molecule has 1 aromatic carbocycles. The molecular weight excluding hydrogens is 382 g/mol. The average Bonchev–Trinajstić information content (AvgIpc) is 2.36. The molecule has 1 unspecified atom stereocenters. The van der Waals surface area contributed by atoms with Gasteiger partial charge in [0.15, 0.2) is 0 Å². The van der Waals surface area contributed by atoms with Crippen LogP contribution in [0.25, 0.3) is 0 Å². The van der Waals surface area contributed by atoms with Crippen molar-refractivity contribution >= 4 is 22.1 Å². The lowest BCUT2D eigenvalue weighted by molar-refractivity contribution is 0.0401. The summed E-state index contributed by atoms with van der Waals surface area (Å²) in [6, 6.07) is 8.49. The summed E-state index contributed by atoms with van der Waals surface area (Å²) >= 11 is 3.48. The van der Waals surface area contributed by atoms with E-state index in [9.17, 15) is 5.26 Å². The molecule has 0 aromatic heterocycles. The lowest BCUT2D eigenvalue weighted by Gasteiger charge is -2.51. The van der Waals surface area contributed by atoms with Gasteiger partial charge in [0.25, 0.3) is 0 Å². The van der Waals surface area contributed by atoms with Crippen molar-refractivity contribution in [2.75, 3.05) is 0 Å². The number of benzene rings is 1. The van der Waals surface area contributed by atoms with E-state index in [2.05, 4.69) is 83.5 Å². The first-order valence-corrected chi connectivity index (χ1v) is 8.96. The van der Waals surface area contributed by atoms with Crippen LogP contribution in [0.4, 0.5) is 4.79 Å². The smallest absolute Gasteiger partial charge is 0.450 e. The second kappa shape index (κ2) is 8.23. The lowest BCUT2D eigenvalue weighted by Crippen LogP contribution is -2.42. The highest BCUT2D eigenvalue weighted by Crippen LogP contribution is 2.56. The van der Waals surface area contributed by atoms with Crippen molar-refractivity contribution in [2.24, 2.45) is 16.2 Å². The fourth-order valence-electron chi connectivity index (χ4n) is 3.25. The number of hydrogen-bond acceptors (Lipinski definition) is 2. The minimum atomic E-state index is -1.83. The highest BCUT2D eigenvalue weighted by molar-refractivity contribution is 9.10. The van der Waals surface area contributed by atoms with Crippen molar-refractivity contribution in [2.45, 2.75) is 61.3 Å². The van der Waals surface area contributed by atoms with Gasteiger partial charge in [-0.15, -0.1) is 0 Å². The standard InChI is InChI=1S/C19H28BrN.CH2O3/c1-17(2,3)16(19(7,8)18(4,5)6)15-10-9-14(20)11-13(15)12-21;2-1(3)4/h9-11,16H,1-8H3;(H2,2,3,4). The first kappa shape index (κ1) is 23.5. The van der Waals surface area contributed by atoms with Crippen molar-refractivity contribution < 1.29 is 15.0 Å². The molecule has 2 N–H and O–H groups in total. The fraction of sp³-hybridized carbons (Fsp3) is 0.600. The Balaban J connectivity index is 0.00000129. The van der Waals surface area contributed by atoms with Crippen molar-refractivity contribution in [3.63, 3.8) is 0 Å². The van der Waals surface area contributed by atoms with Gasteiger partial charge in [-0.2, -0.15) is 5.26 Å². The van der Waals surface area contributed by atoms with Crippen molar-refractivity contribution in [3.05, 3.63) is 33.8 Å². The molecule has 0 heterocycles. The van der Waals surface area contributed by atoms with Crippen LogP contribution in [0.15, 0.2) is 22.7 Å². The van der Waals surface area contributed by atoms with E-state index in [1.54, 1.807) is 0 Å². The second-order valence-corrected chi connectivity index (χ2v) is 9.81. The molecule has 4 nitrogen and oxygen atoms in total. The quantitative estimate of drug-likeness (QED) is 0.563. The molecule has 0 fully saturated rings. The predicted octanol–water partition coefficient (Wildman–Crippen LogP) is 6.75. The van der Waals surface area contributed by atoms with E-state index < -0.39 is 6.16 Å². The summed E-state index contributed by atoms with van der Waals surface area (Å²) in [6.45, 7) is 18.3. The van der Waals surface area contributed by atoms with E-state index >= 15 is 0 Å². The van der Waals surface area contributed by atoms with Crippen molar-refractivity contribution in [1.82, 2.24) is 0 Å². The molecule has 0 aliphatic carbocycles. The molecule has 0 radical (unpaired) electrons. The predicted molar refractivity (Wildman–Crippen MR) is 105 cm³/mol. The lowest BCUT2D eigenvalue weighted by atomic mass is 9.53. The van der Waals surface area contributed by atoms with Crippen LogP contribution in [0.1, 0.15) is 72.4 Å². The molecule has 0 amide bonds. The summed E-state index contributed by atoms with van der Waals surface area (Å²) < 4.78 is 0.962. The number of carbonyl (C=O) groups is 1. The molecule has 1 atom stereocenters. The SMILES string of the molecule is CC(C)(C)C(c1ccc(Br)cc1C#N)C(C)(C)C(C)(C)C.O=C(O)O. The van der Waals surface area contributed by atoms with Gasteiger partial charge in [-0.05, 0) is 39.9 Å². The van der Waals surface area contributed by atoms with Crippen LogP contribution in [0.3, 0.4) is 0 Å². The number of carboxylic acid groups (broad SMARTS) is 2. The van der Waals surface area contributed by atoms with Gasteiger partial charge in [0.05, 0.1) is 11.6 Å². The number of halogens is 1. The Morgan fingerprint density at radius 3 is 1.84 bits per heavy atom. The van der Waals surface area contributed by atoms with Crippen LogP contribution in [-0.4, -0.2) is 16.4 Å². The van der Waals surface area contributed by atoms with E-state index in [0.717, 1.165) is 15.6 Å². The van der Waals surface area contributed by atoms with E-state index in [-0.39, 0.29) is 16.2 Å². The van der Waals surface area contributed by atoms with Crippen LogP contribution in [0.2, 0.25) is 0 Å². The molecule has 0 aliphatic rings. The molecular formula is C20H30BrNO3. The highest BCUT2D eigenvalue weighted by atomic mass is 79.9. The maximum absolute atomic E-state index is 9.56. The third-order valence-electron chi connectivity index (χ3n) is 4.97. The topological polar surface area (TPSA) is 81.3 Å². The molecule has 0 saturated heterocycles. The fourth-order valence-corrected chi connectivity index (χ4v) is 3.61. The molecule has 140 valence electrons. The third kappa shape index (κ3) is 6.36. The van der Waals surface area contributed by atoms with E-state index in [0.29, 0.717) is 5.92 Å². The normalized spacial score (nSPS) is 13.3. The largest absolute Gasteiger partial charge is 0.503 e. The first-order chi connectivity index (χ1) is 11.1. The Hall–Kier alpha value is -1.54. The van der Waals surface area contributed by atoms with Gasteiger partial charge in [-0.3, -0.25) is 0 Å². The van der Waals surface area contributed by atoms with Crippen molar-refractivity contribution in [1.29, 1.82) is 5.26 Å². The Kier molecular flexibility index (Phi) is 7.72. The van der Waals surface area contributed by atoms with E-state index in [1.807, 2.05) is 12.1 Å². The van der Waals surface area contributed by atoms with Crippen LogP contribution in [0.5, 0.6) is 0 Å². The summed E-state index contributed by atoms with van der Waals surface area (Å²) in [4.78, 5) is 8.56. The van der Waals surface area contributed by atoms with Crippen LogP contribution >= 0.6 is 15.9 Å². The van der Waals surface area contributed by atoms with Gasteiger partial charge in [0.2, 0.25) is 0 Å². The molecule has 5 heteroatoms. The zero-order valence-electron chi connectivity index (χ0n) is 16.4. The number of nitrogens with zero attached hydrogens (tertiary/aromatic N) is 1. The first-order valence-electron chi connectivity index (χ1n) is 8.17. The third-order valence-corrected chi connectivity index (χ3v) is 5.46. The second-order valence-electron chi connectivity index (χ2n) is 8.90. The Bertz CT molecular complexity index is 642. The summed E-state index contributed by atoms with van der Waals surface area (Å²) in [5.41, 5.74) is 2.22. The van der Waals surface area contributed by atoms with Gasteiger partial charge >= 0.3 is 6.16 Å². The van der Waals surface area contributed by atoms with Gasteiger partial charge in [-0.25, -0.2) is 4.79 Å². The summed E-state index contributed by atoms with van der Waals surface area (Å²) in [7, 11) is 0. The molecule has 0 spiro atoms. The average molecular weight is 412 g/mol. The van der Waals surface area contributed by atoms with Gasteiger partial charge in [-0.1, -0.05) is 77.4 Å². The maximum atomic E-state index is 9.56. The zero-order chi connectivity index (χ0) is 20.2. The van der Waals surface area contributed by atoms with Crippen LogP contribution in [0, 0.1) is 27.6 Å². The minimum absolute atomic E-state index is 0.0602. The molecule has 1 rings (SSSR count). The summed E-state index contributed by atoms with van der Waals surface area (Å²) in [6.07, 6.45) is -1.83. The van der Waals surface area contributed by atoms with Crippen LogP contribution in [-0.2, 0) is 0 Å². The monoisotopic (exact) mass is 411 g/mol. The molecule has 0 saturated carbocycles. The molecule has 25 heavy (non-hydrogen) atoms. The van der Waals surface area contributed by atoms with Crippen LogP contribution < -0.4 is 0 Å². The highest BCUT2D eigenvalue weighted by Gasteiger charge is 2.46. The Morgan fingerprint density at radius 1 is 1.08 bits per heavy atom. The van der Waals surface area contributed by atoms with Gasteiger partial charge in [0.1, 0.15) is 0 Å². The van der Waals surface area contributed by atoms with E-state index in [1.165, 1.54) is 0 Å². The Morgan fingerprint density at radius 2 is 1.52 bits per heavy atom. The molecule has 0 aliphatic heterocycles. The summed E-state index contributed by atoms with van der Waals surface area (Å²) in [5, 5.41) is 23.5. The van der Waals surface area contributed by atoms with Gasteiger partial charge < -0.3 is 10.2 Å².